The average Bonchev–Trinajstić information content (AvgIpc) is 2.48. The van der Waals surface area contributed by atoms with Gasteiger partial charge < -0.3 is 0 Å². The maximum Gasteiger partial charge on any atom is 0.270 e. The van der Waals surface area contributed by atoms with Crippen LogP contribution < -0.4 is 0 Å². The summed E-state index contributed by atoms with van der Waals surface area (Å²) < 4.78 is 0. The zero-order valence-corrected chi connectivity index (χ0v) is 10.9. The first-order chi connectivity index (χ1) is 10.0. The van der Waals surface area contributed by atoms with E-state index in [4.69, 9.17) is 0 Å². The van der Waals surface area contributed by atoms with Crippen molar-refractivity contribution in [3.8, 4) is 0 Å². The van der Waals surface area contributed by atoms with Crippen LogP contribution in [-0.2, 0) is 0 Å². The van der Waals surface area contributed by atoms with E-state index in [1.54, 1.807) is 18.2 Å². The number of nitro benzene ring substituents is 1. The second-order valence-corrected chi connectivity index (χ2v) is 4.66. The number of nitro groups is 1. The molecule has 6 heteroatoms. The van der Waals surface area contributed by atoms with Crippen molar-refractivity contribution in [2.75, 3.05) is 6.54 Å². The molecule has 2 amide bonds. The molecule has 0 bridgehead atoms. The van der Waals surface area contributed by atoms with Crippen molar-refractivity contribution in [1.29, 1.82) is 0 Å². The van der Waals surface area contributed by atoms with Gasteiger partial charge >= 0.3 is 0 Å². The molecular formula is C15H10N2O4. The third kappa shape index (κ3) is 1.80. The Morgan fingerprint density at radius 3 is 2.57 bits per heavy atom. The highest BCUT2D eigenvalue weighted by Crippen LogP contribution is 2.33. The first-order valence-electron chi connectivity index (χ1n) is 6.23. The third-order valence-electron chi connectivity index (χ3n) is 3.44. The number of carbonyl (C=O) groups excluding carboxylic acids is 2. The molecule has 0 saturated carbocycles. The lowest BCUT2D eigenvalue weighted by molar-refractivity contribution is -0.384. The summed E-state index contributed by atoms with van der Waals surface area (Å²) in [7, 11) is 0. The Morgan fingerprint density at radius 2 is 1.90 bits per heavy atom. The van der Waals surface area contributed by atoms with Gasteiger partial charge in [0.2, 0.25) is 0 Å². The highest BCUT2D eigenvalue weighted by Gasteiger charge is 2.33. The summed E-state index contributed by atoms with van der Waals surface area (Å²) in [6.07, 6.45) is 1.44. The molecule has 0 atom stereocenters. The van der Waals surface area contributed by atoms with Gasteiger partial charge in [-0.25, -0.2) is 0 Å². The number of hydrogen-bond donors (Lipinski definition) is 0. The van der Waals surface area contributed by atoms with E-state index in [1.807, 2.05) is 0 Å². The van der Waals surface area contributed by atoms with Crippen molar-refractivity contribution in [3.63, 3.8) is 0 Å². The SMILES string of the molecule is C=CCN1C(=O)c2cccc3cc([N+](=O)[O-])cc(c23)C1=O. The molecule has 0 spiro atoms. The van der Waals surface area contributed by atoms with Gasteiger partial charge in [0, 0.05) is 29.6 Å². The predicted molar refractivity (Wildman–Crippen MR) is 76.2 cm³/mol. The molecule has 2 aromatic carbocycles. The highest BCUT2D eigenvalue weighted by molar-refractivity contribution is 6.25. The van der Waals surface area contributed by atoms with E-state index in [9.17, 15) is 19.7 Å². The van der Waals surface area contributed by atoms with Gasteiger partial charge in [-0.3, -0.25) is 24.6 Å². The molecule has 104 valence electrons. The first kappa shape index (κ1) is 13.0. The molecule has 0 unspecified atom stereocenters. The van der Waals surface area contributed by atoms with Crippen molar-refractivity contribution in [2.45, 2.75) is 0 Å². The Labute approximate surface area is 119 Å². The number of hydrogen-bond acceptors (Lipinski definition) is 4. The van der Waals surface area contributed by atoms with E-state index in [1.165, 1.54) is 18.2 Å². The Morgan fingerprint density at radius 1 is 1.19 bits per heavy atom. The second-order valence-electron chi connectivity index (χ2n) is 4.66. The summed E-state index contributed by atoms with van der Waals surface area (Å²) in [4.78, 5) is 36.2. The normalized spacial score (nSPS) is 13.6. The number of amides is 2. The van der Waals surface area contributed by atoms with Crippen LogP contribution in [0.1, 0.15) is 20.7 Å². The Kier molecular flexibility index (Phi) is 2.79. The standard InChI is InChI=1S/C15H10N2O4/c1-2-6-16-14(18)11-5-3-4-9-7-10(17(20)21)8-12(13(9)11)15(16)19/h2-5,7-8H,1,6H2. The molecule has 0 aromatic heterocycles. The molecule has 21 heavy (non-hydrogen) atoms. The molecular weight excluding hydrogens is 272 g/mol. The van der Waals surface area contributed by atoms with Gasteiger partial charge in [-0.15, -0.1) is 6.58 Å². The van der Waals surface area contributed by atoms with E-state index in [2.05, 4.69) is 6.58 Å². The van der Waals surface area contributed by atoms with Crippen LogP contribution in [0, 0.1) is 10.1 Å². The van der Waals surface area contributed by atoms with Crippen LogP contribution in [0.4, 0.5) is 5.69 Å². The predicted octanol–water partition coefficient (Wildman–Crippen LogP) is 2.53. The van der Waals surface area contributed by atoms with Crippen LogP contribution in [0.25, 0.3) is 10.8 Å². The third-order valence-corrected chi connectivity index (χ3v) is 3.44. The number of imide groups is 1. The quantitative estimate of drug-likeness (QED) is 0.375. The van der Waals surface area contributed by atoms with Crippen molar-refractivity contribution >= 4 is 28.3 Å². The summed E-state index contributed by atoms with van der Waals surface area (Å²) in [6, 6.07) is 7.50. The molecule has 1 aliphatic heterocycles. The Bertz CT molecular complexity index is 826. The zero-order valence-electron chi connectivity index (χ0n) is 10.9. The van der Waals surface area contributed by atoms with E-state index in [0.29, 0.717) is 16.3 Å². The van der Waals surface area contributed by atoms with Gasteiger partial charge in [-0.05, 0) is 11.5 Å². The van der Waals surface area contributed by atoms with Crippen molar-refractivity contribution in [1.82, 2.24) is 4.90 Å². The fourth-order valence-electron chi connectivity index (χ4n) is 2.54. The minimum Gasteiger partial charge on any atom is -0.270 e. The summed E-state index contributed by atoms with van der Waals surface area (Å²) in [5, 5.41) is 12.0. The fourth-order valence-corrected chi connectivity index (χ4v) is 2.54. The van der Waals surface area contributed by atoms with E-state index in [-0.39, 0.29) is 17.8 Å². The minimum atomic E-state index is -0.551. The van der Waals surface area contributed by atoms with Crippen LogP contribution >= 0.6 is 0 Å². The molecule has 0 radical (unpaired) electrons. The molecule has 2 aromatic rings. The first-order valence-corrected chi connectivity index (χ1v) is 6.23. The van der Waals surface area contributed by atoms with Gasteiger partial charge in [0.1, 0.15) is 0 Å². The van der Waals surface area contributed by atoms with Gasteiger partial charge in [-0.2, -0.15) is 0 Å². The van der Waals surface area contributed by atoms with Gasteiger partial charge in [0.25, 0.3) is 17.5 Å². The summed E-state index contributed by atoms with van der Waals surface area (Å²) in [5.41, 5.74) is 0.381. The lowest BCUT2D eigenvalue weighted by atomic mass is 9.93. The summed E-state index contributed by atoms with van der Waals surface area (Å²) in [6.45, 7) is 3.59. The van der Waals surface area contributed by atoms with Gasteiger partial charge in [-0.1, -0.05) is 18.2 Å². The second kappa shape index (κ2) is 4.52. The maximum atomic E-state index is 12.4. The summed E-state index contributed by atoms with van der Waals surface area (Å²) >= 11 is 0. The van der Waals surface area contributed by atoms with Crippen LogP contribution in [0.2, 0.25) is 0 Å². The van der Waals surface area contributed by atoms with Gasteiger partial charge in [0.05, 0.1) is 10.5 Å². The highest BCUT2D eigenvalue weighted by atomic mass is 16.6. The van der Waals surface area contributed by atoms with Crippen molar-refractivity contribution in [2.24, 2.45) is 0 Å². The minimum absolute atomic E-state index is 0.0657. The number of benzene rings is 2. The molecule has 0 saturated heterocycles. The lowest BCUT2D eigenvalue weighted by Gasteiger charge is -2.25. The number of nitrogens with zero attached hydrogens (tertiary/aromatic N) is 2. The van der Waals surface area contributed by atoms with E-state index < -0.39 is 16.7 Å². The number of rotatable bonds is 3. The average molecular weight is 282 g/mol. The van der Waals surface area contributed by atoms with Crippen LogP contribution in [0.3, 0.4) is 0 Å². The largest absolute Gasteiger partial charge is 0.270 e. The maximum absolute atomic E-state index is 12.4. The van der Waals surface area contributed by atoms with Gasteiger partial charge in [0.15, 0.2) is 0 Å². The molecule has 1 aliphatic rings. The molecule has 6 nitrogen and oxygen atoms in total. The zero-order chi connectivity index (χ0) is 15.1. The number of non-ortho nitro benzene ring substituents is 1. The van der Waals surface area contributed by atoms with Crippen LogP contribution in [0.5, 0.6) is 0 Å². The number of carbonyl (C=O) groups is 2. The monoisotopic (exact) mass is 282 g/mol. The van der Waals surface area contributed by atoms with Crippen molar-refractivity contribution < 1.29 is 14.5 Å². The van der Waals surface area contributed by atoms with Crippen LogP contribution in [-0.4, -0.2) is 28.2 Å². The Balaban J connectivity index is 2.37. The van der Waals surface area contributed by atoms with E-state index in [0.717, 1.165) is 4.90 Å². The molecule has 0 N–H and O–H groups in total. The molecule has 3 rings (SSSR count). The van der Waals surface area contributed by atoms with E-state index >= 15 is 0 Å². The topological polar surface area (TPSA) is 80.5 Å². The molecule has 0 fully saturated rings. The Hall–Kier alpha value is -3.02. The fraction of sp³-hybridized carbons (Fsp3) is 0.0667. The summed E-state index contributed by atoms with van der Waals surface area (Å²) in [5.74, 6) is -0.945. The molecule has 1 heterocycles. The smallest absolute Gasteiger partial charge is 0.270 e. The van der Waals surface area contributed by atoms with Crippen LogP contribution in [0.15, 0.2) is 43.0 Å². The van der Waals surface area contributed by atoms with Crippen molar-refractivity contribution in [3.05, 3.63) is 64.2 Å². The molecule has 0 aliphatic carbocycles. The lowest BCUT2D eigenvalue weighted by Crippen LogP contribution is -2.40.